The molecule has 0 saturated heterocycles. The van der Waals surface area contributed by atoms with Gasteiger partial charge in [0.15, 0.2) is 9.84 Å². The number of benzene rings is 3. The third kappa shape index (κ3) is 5.77. The first-order valence-electron chi connectivity index (χ1n) is 11.9. The number of rotatable bonds is 7. The lowest BCUT2D eigenvalue weighted by Crippen LogP contribution is -2.27. The lowest BCUT2D eigenvalue weighted by molar-refractivity contribution is -0.0759. The minimum Gasteiger partial charge on any atom is -0.384 e. The van der Waals surface area contributed by atoms with Gasteiger partial charge < -0.3 is 5.11 Å². The van der Waals surface area contributed by atoms with Gasteiger partial charge in [0, 0.05) is 19.5 Å². The zero-order valence-corrected chi connectivity index (χ0v) is 24.6. The van der Waals surface area contributed by atoms with Crippen LogP contribution in [0.3, 0.4) is 0 Å². The molecule has 4 aromatic rings. The highest BCUT2D eigenvalue weighted by atomic mass is 35.5. The topological polar surface area (TPSA) is 102 Å². The molecule has 12 heteroatoms. The lowest BCUT2D eigenvalue weighted by atomic mass is 10.0. The third-order valence-corrected chi connectivity index (χ3v) is 7.99. The van der Waals surface area contributed by atoms with Gasteiger partial charge in [-0.25, -0.2) is 22.9 Å². The van der Waals surface area contributed by atoms with Crippen molar-refractivity contribution in [2.24, 2.45) is 0 Å². The molecule has 0 saturated carbocycles. The molecule has 1 N–H and O–H groups in total. The molecule has 3 aromatic carbocycles. The van der Waals surface area contributed by atoms with Crippen LogP contribution < -0.4 is 0 Å². The van der Waals surface area contributed by atoms with E-state index in [1.807, 2.05) is 0 Å². The molecule has 4 rings (SSSR count). The van der Waals surface area contributed by atoms with Gasteiger partial charge in [-0.1, -0.05) is 41.4 Å². The first kappa shape index (κ1) is 29.7. The number of amides is 1. The predicted octanol–water partition coefficient (Wildman–Crippen LogP) is 5.92. The number of aromatic nitrogens is 2. The van der Waals surface area contributed by atoms with Crippen molar-refractivity contribution in [3.8, 4) is 28.2 Å². The second kappa shape index (κ2) is 10.9. The molecular weight excluding hydrogens is 580 g/mol. The maximum absolute atomic E-state index is 14.9. The Morgan fingerprint density at radius 3 is 2.30 bits per heavy atom. The summed E-state index contributed by atoms with van der Waals surface area (Å²) in [4.78, 5) is 21.9. The Morgan fingerprint density at radius 2 is 1.73 bits per heavy atom. The molecule has 0 bridgehead atoms. The fourth-order valence-electron chi connectivity index (χ4n) is 4.07. The van der Waals surface area contributed by atoms with E-state index in [2.05, 4.69) is 4.98 Å². The van der Waals surface area contributed by atoms with Crippen LogP contribution in [0.2, 0.25) is 10.0 Å². The average Bonchev–Trinajstić information content (AvgIpc) is 3.32. The number of hydrogen-bond acceptors (Lipinski definition) is 6. The van der Waals surface area contributed by atoms with E-state index in [0.29, 0.717) is 16.8 Å². The molecular formula is C28H26Cl2FN3O5S. The van der Waals surface area contributed by atoms with Gasteiger partial charge in [-0.05, 0) is 61.4 Å². The second-order valence-corrected chi connectivity index (χ2v) is 12.4. The smallest absolute Gasteiger partial charge is 0.278 e. The Bertz CT molecular complexity index is 1710. The van der Waals surface area contributed by atoms with Crippen molar-refractivity contribution in [2.45, 2.75) is 24.3 Å². The summed E-state index contributed by atoms with van der Waals surface area (Å²) in [6, 6.07) is 13.6. The Morgan fingerprint density at radius 1 is 1.07 bits per heavy atom. The molecule has 0 aliphatic rings. The molecule has 8 nitrogen and oxygen atoms in total. The van der Waals surface area contributed by atoms with Crippen molar-refractivity contribution < 1.29 is 27.5 Å². The van der Waals surface area contributed by atoms with Gasteiger partial charge >= 0.3 is 0 Å². The quantitative estimate of drug-likeness (QED) is 0.262. The largest absolute Gasteiger partial charge is 0.384 e. The maximum atomic E-state index is 14.9. The van der Waals surface area contributed by atoms with Crippen LogP contribution in [0.4, 0.5) is 4.39 Å². The summed E-state index contributed by atoms with van der Waals surface area (Å²) in [5.41, 5.74) is 0.390. The van der Waals surface area contributed by atoms with E-state index in [4.69, 9.17) is 28.0 Å². The SMILES string of the molecule is CON(C)C(=O)c1ccc(-c2ccc(-n3cc(C(C)(C)O)nc3-c3c(F)cccc3Cl)c(Cl)c2)cc1S(C)(=O)=O. The molecule has 0 aliphatic carbocycles. The first-order valence-corrected chi connectivity index (χ1v) is 14.5. The number of imidazole rings is 1. The zero-order valence-electron chi connectivity index (χ0n) is 22.2. The van der Waals surface area contributed by atoms with Crippen molar-refractivity contribution in [1.29, 1.82) is 0 Å². The molecule has 40 heavy (non-hydrogen) atoms. The van der Waals surface area contributed by atoms with Crippen LogP contribution in [0.15, 0.2) is 65.7 Å². The number of sulfone groups is 1. The van der Waals surface area contributed by atoms with Crippen LogP contribution in [0, 0.1) is 5.82 Å². The van der Waals surface area contributed by atoms with E-state index >= 15 is 0 Å². The molecule has 0 spiro atoms. The molecule has 0 fully saturated rings. The lowest BCUT2D eigenvalue weighted by Gasteiger charge is -2.17. The van der Waals surface area contributed by atoms with Crippen LogP contribution in [0.1, 0.15) is 29.9 Å². The third-order valence-electron chi connectivity index (χ3n) is 6.23. The van der Waals surface area contributed by atoms with Gasteiger partial charge in [-0.3, -0.25) is 14.2 Å². The number of halogens is 3. The molecule has 1 amide bonds. The van der Waals surface area contributed by atoms with E-state index in [1.54, 1.807) is 44.3 Å². The maximum Gasteiger partial charge on any atom is 0.278 e. The average molecular weight is 607 g/mol. The normalized spacial score (nSPS) is 12.0. The summed E-state index contributed by atoms with van der Waals surface area (Å²) in [5.74, 6) is -1.08. The molecule has 0 aliphatic heterocycles. The first-order chi connectivity index (χ1) is 18.6. The van der Waals surface area contributed by atoms with Crippen molar-refractivity contribution in [3.63, 3.8) is 0 Å². The minimum absolute atomic E-state index is 0.0395. The molecule has 0 unspecified atom stereocenters. The van der Waals surface area contributed by atoms with Crippen molar-refractivity contribution in [1.82, 2.24) is 14.6 Å². The van der Waals surface area contributed by atoms with E-state index in [9.17, 15) is 22.7 Å². The van der Waals surface area contributed by atoms with Crippen molar-refractivity contribution in [3.05, 3.63) is 87.9 Å². The number of hydrogen-bond donors (Lipinski definition) is 1. The van der Waals surface area contributed by atoms with Crippen LogP contribution >= 0.6 is 23.2 Å². The number of hydroxylamine groups is 2. The van der Waals surface area contributed by atoms with Gasteiger partial charge in [-0.2, -0.15) is 0 Å². The van der Waals surface area contributed by atoms with Crippen LogP contribution in [0.25, 0.3) is 28.2 Å². The Balaban J connectivity index is 1.86. The zero-order chi connectivity index (χ0) is 29.6. The molecule has 210 valence electrons. The molecule has 0 radical (unpaired) electrons. The number of carbonyl (C=O) groups excluding carboxylic acids is 1. The summed E-state index contributed by atoms with van der Waals surface area (Å²) in [7, 11) is -1.11. The Hall–Kier alpha value is -3.28. The van der Waals surface area contributed by atoms with Gasteiger partial charge in [0.05, 0.1) is 44.6 Å². The standard InChI is InChI=1S/C28H26Cl2FN3O5S/c1-28(2,36)24-15-34(26(32-24)25-19(29)7-6-8-21(25)31)22-12-10-16(13-20(22)30)17-9-11-18(27(35)33(3)39-4)23(14-17)40(5,37)38/h6-15,36H,1-5H3. The fraction of sp³-hybridized carbons (Fsp3) is 0.214. The predicted molar refractivity (Wildman–Crippen MR) is 152 cm³/mol. The number of aliphatic hydroxyl groups is 1. The van der Waals surface area contributed by atoms with Gasteiger partial charge in [-0.15, -0.1) is 0 Å². The van der Waals surface area contributed by atoms with E-state index in [-0.39, 0.29) is 37.6 Å². The van der Waals surface area contributed by atoms with Gasteiger partial charge in [0.1, 0.15) is 17.2 Å². The summed E-state index contributed by atoms with van der Waals surface area (Å²) >= 11 is 13.0. The van der Waals surface area contributed by atoms with Crippen LogP contribution in [-0.4, -0.2) is 54.5 Å². The summed E-state index contributed by atoms with van der Waals surface area (Å²) in [5, 5.41) is 11.9. The Labute approximate surface area is 241 Å². The molecule has 0 atom stereocenters. The summed E-state index contributed by atoms with van der Waals surface area (Å²) in [6.07, 6.45) is 2.56. The fourth-order valence-corrected chi connectivity index (χ4v) is 5.48. The van der Waals surface area contributed by atoms with Gasteiger partial charge in [0.2, 0.25) is 0 Å². The number of carbonyl (C=O) groups is 1. The highest BCUT2D eigenvalue weighted by molar-refractivity contribution is 7.90. The second-order valence-electron chi connectivity index (χ2n) is 9.61. The van der Waals surface area contributed by atoms with Crippen molar-refractivity contribution in [2.75, 3.05) is 20.4 Å². The van der Waals surface area contributed by atoms with Crippen LogP contribution in [0.5, 0.6) is 0 Å². The van der Waals surface area contributed by atoms with Crippen LogP contribution in [-0.2, 0) is 20.3 Å². The molecule has 1 heterocycles. The monoisotopic (exact) mass is 605 g/mol. The Kier molecular flexibility index (Phi) is 8.13. The number of nitrogens with zero attached hydrogens (tertiary/aromatic N) is 3. The van der Waals surface area contributed by atoms with Gasteiger partial charge in [0.25, 0.3) is 5.91 Å². The highest BCUT2D eigenvalue weighted by Crippen LogP contribution is 2.37. The van der Waals surface area contributed by atoms with E-state index in [1.165, 1.54) is 49.1 Å². The van der Waals surface area contributed by atoms with E-state index < -0.39 is 27.2 Å². The van der Waals surface area contributed by atoms with Crippen molar-refractivity contribution >= 4 is 38.9 Å². The molecule has 1 aromatic heterocycles. The minimum atomic E-state index is -3.79. The highest BCUT2D eigenvalue weighted by Gasteiger charge is 2.27. The van der Waals surface area contributed by atoms with E-state index in [0.717, 1.165) is 11.3 Å². The summed E-state index contributed by atoms with van der Waals surface area (Å²) < 4.78 is 41.6. The summed E-state index contributed by atoms with van der Waals surface area (Å²) in [6.45, 7) is 3.10.